The molecule has 1 rings (SSSR count). The second-order valence-corrected chi connectivity index (χ2v) is 5.53. The van der Waals surface area contributed by atoms with Crippen LogP contribution in [0.5, 0.6) is 0 Å². The van der Waals surface area contributed by atoms with Crippen molar-refractivity contribution in [2.75, 3.05) is 6.54 Å². The number of hydrogen-bond donors (Lipinski definition) is 2. The number of rotatable bonds is 7. The van der Waals surface area contributed by atoms with Gasteiger partial charge in [0.05, 0.1) is 0 Å². The number of carbonyl (C=O) groups is 1. The van der Waals surface area contributed by atoms with Crippen LogP contribution in [0.15, 0.2) is 28.7 Å². The number of amides is 1. The number of hydrogen-bond acceptors (Lipinski definition) is 2. The molecule has 1 amide bonds. The topological polar surface area (TPSA) is 41.1 Å². The van der Waals surface area contributed by atoms with Crippen LogP contribution >= 0.6 is 15.9 Å². The van der Waals surface area contributed by atoms with Crippen LogP contribution in [0.3, 0.4) is 0 Å². The first-order valence-electron chi connectivity index (χ1n) is 6.32. The number of nitrogens with one attached hydrogen (secondary N) is 2. The lowest BCUT2D eigenvalue weighted by Gasteiger charge is -2.08. The normalized spacial score (nSPS) is 10.7. The molecule has 0 atom stereocenters. The summed E-state index contributed by atoms with van der Waals surface area (Å²) in [5.41, 5.74) is 1.12. The van der Waals surface area contributed by atoms with E-state index in [-0.39, 0.29) is 5.91 Å². The zero-order valence-corrected chi connectivity index (χ0v) is 12.6. The van der Waals surface area contributed by atoms with Gasteiger partial charge >= 0.3 is 0 Å². The van der Waals surface area contributed by atoms with Crippen LogP contribution in [0.25, 0.3) is 0 Å². The third kappa shape index (κ3) is 6.77. The van der Waals surface area contributed by atoms with Crippen LogP contribution in [0.2, 0.25) is 0 Å². The second kappa shape index (κ2) is 8.27. The summed E-state index contributed by atoms with van der Waals surface area (Å²) in [7, 11) is 0. The minimum absolute atomic E-state index is 0.114. The van der Waals surface area contributed by atoms with E-state index in [1.54, 1.807) is 0 Å². The highest BCUT2D eigenvalue weighted by molar-refractivity contribution is 9.10. The van der Waals surface area contributed by atoms with Crippen molar-refractivity contribution in [1.82, 2.24) is 10.6 Å². The zero-order chi connectivity index (χ0) is 13.4. The highest BCUT2D eigenvalue weighted by Gasteiger charge is 2.01. The Labute approximate surface area is 117 Å². The molecule has 3 nitrogen and oxygen atoms in total. The van der Waals surface area contributed by atoms with E-state index in [0.717, 1.165) is 23.0 Å². The predicted molar refractivity (Wildman–Crippen MR) is 78.4 cm³/mol. The molecule has 0 spiro atoms. The van der Waals surface area contributed by atoms with E-state index >= 15 is 0 Å². The maximum Gasteiger partial charge on any atom is 0.220 e. The summed E-state index contributed by atoms with van der Waals surface area (Å²) in [6.45, 7) is 5.70. The van der Waals surface area contributed by atoms with Crippen molar-refractivity contribution in [2.24, 2.45) is 0 Å². The summed E-state index contributed by atoms with van der Waals surface area (Å²) in [6.07, 6.45) is 1.46. The molecule has 2 N–H and O–H groups in total. The number of carbonyl (C=O) groups excluding carboxylic acids is 1. The van der Waals surface area contributed by atoms with Crippen LogP contribution < -0.4 is 10.6 Å². The Morgan fingerprint density at radius 2 is 1.94 bits per heavy atom. The molecular formula is C14H21BrN2O. The van der Waals surface area contributed by atoms with Gasteiger partial charge in [0.2, 0.25) is 5.91 Å². The van der Waals surface area contributed by atoms with E-state index < -0.39 is 0 Å². The Bertz CT molecular complexity index is 363. The van der Waals surface area contributed by atoms with Gasteiger partial charge in [-0.1, -0.05) is 41.9 Å². The number of halogens is 1. The van der Waals surface area contributed by atoms with Gasteiger partial charge in [-0.2, -0.15) is 0 Å². The molecule has 0 saturated heterocycles. The van der Waals surface area contributed by atoms with Gasteiger partial charge in [0.1, 0.15) is 0 Å². The Morgan fingerprint density at radius 1 is 1.28 bits per heavy atom. The molecule has 0 unspecified atom stereocenters. The van der Waals surface area contributed by atoms with E-state index in [2.05, 4.69) is 40.4 Å². The summed E-state index contributed by atoms with van der Waals surface area (Å²) in [4.78, 5) is 11.6. The third-order valence-corrected chi connectivity index (χ3v) is 3.06. The van der Waals surface area contributed by atoms with Gasteiger partial charge in [-0.25, -0.2) is 0 Å². The molecular weight excluding hydrogens is 292 g/mol. The molecule has 1 aromatic rings. The van der Waals surface area contributed by atoms with Crippen LogP contribution in [-0.2, 0) is 11.3 Å². The fraction of sp³-hybridized carbons (Fsp3) is 0.500. The van der Waals surface area contributed by atoms with Gasteiger partial charge in [0.25, 0.3) is 0 Å². The first-order chi connectivity index (χ1) is 8.58. The fourth-order valence-corrected chi connectivity index (χ4v) is 1.80. The highest BCUT2D eigenvalue weighted by atomic mass is 79.9. The average Bonchev–Trinajstić information content (AvgIpc) is 2.34. The molecule has 0 saturated carbocycles. The summed E-state index contributed by atoms with van der Waals surface area (Å²) in [5, 5.41) is 6.22. The van der Waals surface area contributed by atoms with Crippen LogP contribution in [-0.4, -0.2) is 18.5 Å². The largest absolute Gasteiger partial charge is 0.352 e. The van der Waals surface area contributed by atoms with Crippen molar-refractivity contribution in [1.29, 1.82) is 0 Å². The van der Waals surface area contributed by atoms with E-state index in [1.807, 2.05) is 24.3 Å². The second-order valence-electron chi connectivity index (χ2n) is 4.62. The van der Waals surface area contributed by atoms with Gasteiger partial charge < -0.3 is 10.6 Å². The minimum atomic E-state index is 0.114. The molecule has 0 aliphatic heterocycles. The van der Waals surface area contributed by atoms with Crippen molar-refractivity contribution in [3.63, 3.8) is 0 Å². The average molecular weight is 313 g/mol. The maximum atomic E-state index is 11.6. The molecule has 0 aliphatic carbocycles. The lowest BCUT2D eigenvalue weighted by molar-refractivity contribution is -0.121. The quantitative estimate of drug-likeness (QED) is 0.760. The minimum Gasteiger partial charge on any atom is -0.352 e. The molecule has 0 fully saturated rings. The Balaban J connectivity index is 2.15. The third-order valence-electron chi connectivity index (χ3n) is 2.54. The van der Waals surface area contributed by atoms with Gasteiger partial charge in [-0.3, -0.25) is 4.79 Å². The van der Waals surface area contributed by atoms with Crippen molar-refractivity contribution < 1.29 is 4.79 Å². The van der Waals surface area contributed by atoms with Crippen LogP contribution in [0.1, 0.15) is 32.3 Å². The van der Waals surface area contributed by atoms with Crippen LogP contribution in [0.4, 0.5) is 0 Å². The monoisotopic (exact) mass is 312 g/mol. The Kier molecular flexibility index (Phi) is 6.98. The van der Waals surface area contributed by atoms with E-state index in [9.17, 15) is 4.79 Å². The molecule has 1 aromatic carbocycles. The standard InChI is InChI=1S/C14H21BrN2O/c1-11(2)16-9-3-4-14(18)17-10-12-5-7-13(15)8-6-12/h5-8,11,16H,3-4,9-10H2,1-2H3,(H,17,18). The van der Waals surface area contributed by atoms with E-state index in [1.165, 1.54) is 0 Å². The van der Waals surface area contributed by atoms with Gasteiger partial charge in [0, 0.05) is 23.5 Å². The lowest BCUT2D eigenvalue weighted by Crippen LogP contribution is -2.27. The summed E-state index contributed by atoms with van der Waals surface area (Å²) < 4.78 is 1.05. The van der Waals surface area contributed by atoms with Crippen molar-refractivity contribution in [2.45, 2.75) is 39.3 Å². The van der Waals surface area contributed by atoms with Crippen molar-refractivity contribution in [3.8, 4) is 0 Å². The lowest BCUT2D eigenvalue weighted by atomic mass is 10.2. The molecule has 0 bridgehead atoms. The van der Waals surface area contributed by atoms with Crippen molar-refractivity contribution >= 4 is 21.8 Å². The summed E-state index contributed by atoms with van der Waals surface area (Å²) in [5.74, 6) is 0.114. The maximum absolute atomic E-state index is 11.6. The van der Waals surface area contributed by atoms with Gasteiger partial charge in [0.15, 0.2) is 0 Å². The summed E-state index contributed by atoms with van der Waals surface area (Å²) in [6, 6.07) is 8.45. The Hall–Kier alpha value is -0.870. The van der Waals surface area contributed by atoms with Crippen LogP contribution in [0, 0.1) is 0 Å². The smallest absolute Gasteiger partial charge is 0.220 e. The molecule has 18 heavy (non-hydrogen) atoms. The van der Waals surface area contributed by atoms with Gasteiger partial charge in [-0.05, 0) is 30.7 Å². The summed E-state index contributed by atoms with van der Waals surface area (Å²) >= 11 is 3.38. The predicted octanol–water partition coefficient (Wildman–Crippen LogP) is 2.84. The molecule has 4 heteroatoms. The Morgan fingerprint density at radius 3 is 2.56 bits per heavy atom. The molecule has 0 heterocycles. The molecule has 0 radical (unpaired) electrons. The SMILES string of the molecule is CC(C)NCCCC(=O)NCc1ccc(Br)cc1. The first-order valence-corrected chi connectivity index (χ1v) is 7.12. The van der Waals surface area contributed by atoms with E-state index in [0.29, 0.717) is 19.0 Å². The molecule has 0 aliphatic rings. The molecule has 100 valence electrons. The zero-order valence-electron chi connectivity index (χ0n) is 11.0. The highest BCUT2D eigenvalue weighted by Crippen LogP contribution is 2.10. The first kappa shape index (κ1) is 15.2. The fourth-order valence-electron chi connectivity index (χ4n) is 1.53. The van der Waals surface area contributed by atoms with Gasteiger partial charge in [-0.15, -0.1) is 0 Å². The van der Waals surface area contributed by atoms with Crippen molar-refractivity contribution in [3.05, 3.63) is 34.3 Å². The molecule has 0 aromatic heterocycles. The van der Waals surface area contributed by atoms with E-state index in [4.69, 9.17) is 0 Å². The number of benzene rings is 1.